The summed E-state index contributed by atoms with van der Waals surface area (Å²) in [6.07, 6.45) is 0. The fourth-order valence-corrected chi connectivity index (χ4v) is 3.15. The van der Waals surface area contributed by atoms with Crippen LogP contribution in [-0.2, 0) is 0 Å². The highest BCUT2D eigenvalue weighted by Gasteiger charge is 2.37. The number of fused-ring (bicyclic) bond motifs is 1. The van der Waals surface area contributed by atoms with E-state index in [-0.39, 0.29) is 39.4 Å². The third-order valence-corrected chi connectivity index (χ3v) is 4.58. The number of ketones is 1. The zero-order chi connectivity index (χ0) is 20.7. The maximum atomic E-state index is 12.8. The lowest BCUT2D eigenvalue weighted by Crippen LogP contribution is -2.29. The number of hydrogen-bond acceptors (Lipinski definition) is 6. The van der Waals surface area contributed by atoms with Gasteiger partial charge in [-0.2, -0.15) is 0 Å². The summed E-state index contributed by atoms with van der Waals surface area (Å²) in [5, 5.41) is 20.4. The molecule has 1 aliphatic heterocycles. The standard InChI is InChI=1S/C21H12N2O6/c24-16-3-1-2-15(11-16)22-20(26)17-9-6-13(10-18(17)21(22)27)19(25)12-4-7-14(8-5-12)23(28)29/h1-11,24H. The highest BCUT2D eigenvalue weighted by atomic mass is 16.6. The lowest BCUT2D eigenvalue weighted by atomic mass is 9.99. The van der Waals surface area contributed by atoms with Crippen molar-refractivity contribution in [3.8, 4) is 5.75 Å². The Balaban J connectivity index is 1.68. The van der Waals surface area contributed by atoms with Crippen LogP contribution < -0.4 is 4.90 Å². The summed E-state index contributed by atoms with van der Waals surface area (Å²) in [6.45, 7) is 0. The van der Waals surface area contributed by atoms with Crippen molar-refractivity contribution < 1.29 is 24.4 Å². The van der Waals surface area contributed by atoms with E-state index in [1.165, 1.54) is 66.7 Å². The van der Waals surface area contributed by atoms with Gasteiger partial charge in [-0.05, 0) is 36.4 Å². The van der Waals surface area contributed by atoms with Crippen molar-refractivity contribution in [1.82, 2.24) is 0 Å². The van der Waals surface area contributed by atoms with Crippen molar-refractivity contribution in [3.63, 3.8) is 0 Å². The van der Waals surface area contributed by atoms with E-state index in [1.807, 2.05) is 0 Å². The van der Waals surface area contributed by atoms with Gasteiger partial charge in [0.2, 0.25) is 0 Å². The second-order valence-corrected chi connectivity index (χ2v) is 6.36. The fourth-order valence-electron chi connectivity index (χ4n) is 3.15. The van der Waals surface area contributed by atoms with Crippen molar-refractivity contribution in [3.05, 3.63) is 99.1 Å². The predicted octanol–water partition coefficient (Wildman–Crippen LogP) is 3.33. The van der Waals surface area contributed by atoms with E-state index in [0.717, 1.165) is 4.90 Å². The number of phenolic OH excluding ortho intramolecular Hbond substituents is 1. The molecular formula is C21H12N2O6. The lowest BCUT2D eigenvalue weighted by Gasteiger charge is -2.13. The molecule has 8 nitrogen and oxygen atoms in total. The molecule has 1 N–H and O–H groups in total. The maximum Gasteiger partial charge on any atom is 0.269 e. The van der Waals surface area contributed by atoms with Gasteiger partial charge in [0.15, 0.2) is 5.78 Å². The molecule has 3 aromatic carbocycles. The summed E-state index contributed by atoms with van der Waals surface area (Å²) in [5.74, 6) is -1.68. The van der Waals surface area contributed by atoms with E-state index in [2.05, 4.69) is 0 Å². The highest BCUT2D eigenvalue weighted by Crippen LogP contribution is 2.31. The number of nitrogens with zero attached hydrogens (tertiary/aromatic N) is 2. The number of amides is 2. The molecule has 0 bridgehead atoms. The Morgan fingerprint density at radius 1 is 0.862 bits per heavy atom. The fraction of sp³-hybridized carbons (Fsp3) is 0. The van der Waals surface area contributed by atoms with Crippen molar-refractivity contribution >= 4 is 29.0 Å². The number of carbonyl (C=O) groups excluding carboxylic acids is 3. The SMILES string of the molecule is O=C(c1ccc([N+](=O)[O-])cc1)c1ccc2c(c1)C(=O)N(c1cccc(O)c1)C2=O. The van der Waals surface area contributed by atoms with Gasteiger partial charge >= 0.3 is 0 Å². The van der Waals surface area contributed by atoms with Crippen LogP contribution in [0.3, 0.4) is 0 Å². The maximum absolute atomic E-state index is 12.8. The van der Waals surface area contributed by atoms with Crippen LogP contribution in [0.1, 0.15) is 36.6 Å². The smallest absolute Gasteiger partial charge is 0.269 e. The Bertz CT molecular complexity index is 1200. The summed E-state index contributed by atoms with van der Waals surface area (Å²) in [5.41, 5.74) is 0.704. The summed E-state index contributed by atoms with van der Waals surface area (Å²) in [7, 11) is 0. The van der Waals surface area contributed by atoms with Crippen molar-refractivity contribution in [1.29, 1.82) is 0 Å². The van der Waals surface area contributed by atoms with E-state index in [0.29, 0.717) is 0 Å². The predicted molar refractivity (Wildman–Crippen MR) is 102 cm³/mol. The van der Waals surface area contributed by atoms with Crippen LogP contribution in [0, 0.1) is 10.1 Å². The molecule has 3 aromatic rings. The Morgan fingerprint density at radius 2 is 1.52 bits per heavy atom. The van der Waals surface area contributed by atoms with E-state index in [1.54, 1.807) is 0 Å². The molecule has 4 rings (SSSR count). The van der Waals surface area contributed by atoms with Crippen LogP contribution in [0.5, 0.6) is 5.75 Å². The number of hydrogen-bond donors (Lipinski definition) is 1. The first-order valence-electron chi connectivity index (χ1n) is 8.48. The number of benzene rings is 3. The van der Waals surface area contributed by atoms with Gasteiger partial charge in [0, 0.05) is 29.3 Å². The Morgan fingerprint density at radius 3 is 2.17 bits per heavy atom. The third kappa shape index (κ3) is 3.02. The molecule has 8 heteroatoms. The van der Waals surface area contributed by atoms with Crippen LogP contribution in [-0.4, -0.2) is 27.6 Å². The van der Waals surface area contributed by atoms with E-state index >= 15 is 0 Å². The quantitative estimate of drug-likeness (QED) is 0.317. The minimum atomic E-state index is -0.603. The second kappa shape index (κ2) is 6.68. The minimum absolute atomic E-state index is 0.0751. The normalized spacial score (nSPS) is 12.8. The number of nitro benzene ring substituents is 1. The lowest BCUT2D eigenvalue weighted by molar-refractivity contribution is -0.384. The summed E-state index contributed by atoms with van der Waals surface area (Å²) < 4.78 is 0. The van der Waals surface area contributed by atoms with Gasteiger partial charge in [0.1, 0.15) is 5.75 Å². The van der Waals surface area contributed by atoms with Gasteiger partial charge in [-0.25, -0.2) is 4.90 Å². The average molecular weight is 388 g/mol. The minimum Gasteiger partial charge on any atom is -0.508 e. The van der Waals surface area contributed by atoms with Gasteiger partial charge < -0.3 is 5.11 Å². The first kappa shape index (κ1) is 18.1. The molecule has 0 saturated heterocycles. The largest absolute Gasteiger partial charge is 0.508 e. The molecule has 29 heavy (non-hydrogen) atoms. The van der Waals surface area contributed by atoms with Crippen LogP contribution in [0.4, 0.5) is 11.4 Å². The van der Waals surface area contributed by atoms with Crippen molar-refractivity contribution in [2.24, 2.45) is 0 Å². The van der Waals surface area contributed by atoms with E-state index < -0.39 is 22.5 Å². The van der Waals surface area contributed by atoms with E-state index in [4.69, 9.17) is 0 Å². The zero-order valence-electron chi connectivity index (χ0n) is 14.7. The Labute approximate surface area is 163 Å². The molecule has 0 radical (unpaired) electrons. The molecule has 0 aromatic heterocycles. The van der Waals surface area contributed by atoms with Crippen molar-refractivity contribution in [2.75, 3.05) is 4.90 Å². The monoisotopic (exact) mass is 388 g/mol. The van der Waals surface area contributed by atoms with Gasteiger partial charge in [0.05, 0.1) is 21.7 Å². The van der Waals surface area contributed by atoms with Gasteiger partial charge in [-0.15, -0.1) is 0 Å². The molecule has 1 aliphatic rings. The molecule has 142 valence electrons. The first-order chi connectivity index (χ1) is 13.9. The van der Waals surface area contributed by atoms with Gasteiger partial charge in [-0.1, -0.05) is 12.1 Å². The summed E-state index contributed by atoms with van der Waals surface area (Å²) in [4.78, 5) is 49.2. The third-order valence-electron chi connectivity index (χ3n) is 4.58. The van der Waals surface area contributed by atoms with Crippen LogP contribution in [0.2, 0.25) is 0 Å². The number of nitro groups is 1. The molecule has 0 spiro atoms. The van der Waals surface area contributed by atoms with Crippen LogP contribution in [0.15, 0.2) is 66.7 Å². The van der Waals surface area contributed by atoms with Crippen molar-refractivity contribution in [2.45, 2.75) is 0 Å². The molecule has 0 unspecified atom stereocenters. The number of anilines is 1. The molecule has 1 heterocycles. The van der Waals surface area contributed by atoms with Crippen LogP contribution in [0.25, 0.3) is 0 Å². The number of rotatable bonds is 4. The molecule has 2 amide bonds. The number of non-ortho nitro benzene ring substituents is 1. The molecular weight excluding hydrogens is 376 g/mol. The first-order valence-corrected chi connectivity index (χ1v) is 8.48. The summed E-state index contributed by atoms with van der Waals surface area (Å²) >= 11 is 0. The number of phenols is 1. The Kier molecular flexibility index (Phi) is 4.16. The Hall–Kier alpha value is -4.33. The summed E-state index contributed by atoms with van der Waals surface area (Å²) in [6, 6.07) is 15.0. The highest BCUT2D eigenvalue weighted by molar-refractivity contribution is 6.35. The van der Waals surface area contributed by atoms with Gasteiger partial charge in [-0.3, -0.25) is 24.5 Å². The number of carbonyl (C=O) groups is 3. The zero-order valence-corrected chi connectivity index (χ0v) is 14.7. The van der Waals surface area contributed by atoms with Gasteiger partial charge in [0.25, 0.3) is 17.5 Å². The molecule has 0 aliphatic carbocycles. The topological polar surface area (TPSA) is 118 Å². The second-order valence-electron chi connectivity index (χ2n) is 6.36. The molecule has 0 saturated carbocycles. The molecule has 0 fully saturated rings. The average Bonchev–Trinajstić information content (AvgIpc) is 2.97. The van der Waals surface area contributed by atoms with Crippen LogP contribution >= 0.6 is 0 Å². The van der Waals surface area contributed by atoms with E-state index in [9.17, 15) is 29.6 Å². The number of imide groups is 1. The number of aromatic hydroxyl groups is 1. The molecule has 0 atom stereocenters.